The number of amides is 1. The van der Waals surface area contributed by atoms with E-state index in [0.29, 0.717) is 0 Å². The number of carboxylic acids is 1. The van der Waals surface area contributed by atoms with Gasteiger partial charge in [-0.05, 0) is 22.0 Å². The van der Waals surface area contributed by atoms with Crippen molar-refractivity contribution < 1.29 is 24.4 Å². The molecule has 0 aliphatic carbocycles. The summed E-state index contributed by atoms with van der Waals surface area (Å²) in [4.78, 5) is 34.4. The maximum Gasteiger partial charge on any atom is 0.323 e. The average molecular weight is 361 g/mol. The Morgan fingerprint density at radius 2 is 2.14 bits per heavy atom. The second-order valence-corrected chi connectivity index (χ2v) is 4.80. The van der Waals surface area contributed by atoms with Gasteiger partial charge in [-0.2, -0.15) is 0 Å². The summed E-state index contributed by atoms with van der Waals surface area (Å²) in [5.74, 6) is -1.80. The first kappa shape index (κ1) is 17.1. The van der Waals surface area contributed by atoms with E-state index in [1.807, 2.05) is 0 Å². The Hall–Kier alpha value is -2.00. The summed E-state index contributed by atoms with van der Waals surface area (Å²) in [6.45, 7) is -0.292. The van der Waals surface area contributed by atoms with E-state index in [9.17, 15) is 19.7 Å². The molecule has 0 saturated carbocycles. The zero-order valence-electron chi connectivity index (χ0n) is 11.1. The highest BCUT2D eigenvalue weighted by molar-refractivity contribution is 9.10. The van der Waals surface area contributed by atoms with E-state index in [0.717, 1.165) is 4.90 Å². The third kappa shape index (κ3) is 4.50. The van der Waals surface area contributed by atoms with Crippen LogP contribution in [0.25, 0.3) is 0 Å². The van der Waals surface area contributed by atoms with Crippen LogP contribution in [0.5, 0.6) is 0 Å². The van der Waals surface area contributed by atoms with Crippen LogP contribution in [0.2, 0.25) is 0 Å². The molecule has 0 radical (unpaired) electrons. The molecule has 0 spiro atoms. The molecule has 21 heavy (non-hydrogen) atoms. The molecule has 1 aromatic carbocycles. The Bertz CT molecular complexity index is 563. The second-order valence-electron chi connectivity index (χ2n) is 4.01. The Morgan fingerprint density at radius 1 is 1.48 bits per heavy atom. The number of nitro benzene ring substituents is 1. The number of benzene rings is 1. The quantitative estimate of drug-likeness (QED) is 0.583. The number of nitrogens with zero attached hydrogens (tertiary/aromatic N) is 2. The van der Waals surface area contributed by atoms with E-state index >= 15 is 0 Å². The molecule has 1 rings (SSSR count). The largest absolute Gasteiger partial charge is 0.480 e. The van der Waals surface area contributed by atoms with Gasteiger partial charge in [-0.3, -0.25) is 19.7 Å². The van der Waals surface area contributed by atoms with Gasteiger partial charge in [0.15, 0.2) is 0 Å². The van der Waals surface area contributed by atoms with Gasteiger partial charge in [-0.15, -0.1) is 0 Å². The first-order chi connectivity index (χ1) is 9.88. The van der Waals surface area contributed by atoms with E-state index in [1.165, 1.54) is 25.3 Å². The predicted molar refractivity (Wildman–Crippen MR) is 76.2 cm³/mol. The van der Waals surface area contributed by atoms with Crippen LogP contribution in [-0.2, 0) is 9.53 Å². The fourth-order valence-electron chi connectivity index (χ4n) is 1.61. The number of hydrogen-bond donors (Lipinski definition) is 1. The monoisotopic (exact) mass is 360 g/mol. The minimum Gasteiger partial charge on any atom is -0.480 e. The lowest BCUT2D eigenvalue weighted by atomic mass is 10.1. The van der Waals surface area contributed by atoms with E-state index < -0.39 is 23.3 Å². The minimum absolute atomic E-state index is 0.0211. The van der Waals surface area contributed by atoms with Crippen molar-refractivity contribution in [1.29, 1.82) is 0 Å². The van der Waals surface area contributed by atoms with Crippen molar-refractivity contribution >= 4 is 33.5 Å². The van der Waals surface area contributed by atoms with Crippen LogP contribution in [0.1, 0.15) is 10.4 Å². The molecule has 0 bridgehead atoms. The highest BCUT2D eigenvalue weighted by Gasteiger charge is 2.24. The molecule has 0 fully saturated rings. The Labute approximate surface area is 128 Å². The van der Waals surface area contributed by atoms with E-state index in [4.69, 9.17) is 9.84 Å². The lowest BCUT2D eigenvalue weighted by molar-refractivity contribution is -0.385. The molecule has 0 atom stereocenters. The number of nitro groups is 1. The smallest absolute Gasteiger partial charge is 0.323 e. The van der Waals surface area contributed by atoms with Crippen molar-refractivity contribution in [3.05, 3.63) is 38.3 Å². The molecule has 0 saturated heterocycles. The van der Waals surface area contributed by atoms with Crippen molar-refractivity contribution in [2.75, 3.05) is 26.8 Å². The van der Waals surface area contributed by atoms with Crippen LogP contribution in [0.3, 0.4) is 0 Å². The zero-order chi connectivity index (χ0) is 16.0. The normalized spacial score (nSPS) is 10.2. The first-order valence-corrected chi connectivity index (χ1v) is 6.60. The number of hydrogen-bond acceptors (Lipinski definition) is 5. The molecule has 0 aromatic heterocycles. The van der Waals surface area contributed by atoms with Crippen molar-refractivity contribution in [2.24, 2.45) is 0 Å². The van der Waals surface area contributed by atoms with Gasteiger partial charge in [0.1, 0.15) is 11.0 Å². The number of carboxylic acid groups (broad SMARTS) is 1. The van der Waals surface area contributed by atoms with Crippen molar-refractivity contribution in [2.45, 2.75) is 0 Å². The molecule has 0 aliphatic rings. The highest BCUT2D eigenvalue weighted by atomic mass is 79.9. The number of carbonyl (C=O) groups excluding carboxylic acids is 1. The molecule has 9 heteroatoms. The van der Waals surface area contributed by atoms with Crippen LogP contribution in [0.4, 0.5) is 5.69 Å². The molecular formula is C12H13BrN2O6. The summed E-state index contributed by atoms with van der Waals surface area (Å²) in [6.07, 6.45) is 0. The number of carbonyl (C=O) groups is 2. The Kier molecular flexibility index (Phi) is 6.25. The minimum atomic E-state index is -1.18. The molecule has 0 aliphatic heterocycles. The molecule has 8 nitrogen and oxygen atoms in total. The lowest BCUT2D eigenvalue weighted by Crippen LogP contribution is -2.38. The van der Waals surface area contributed by atoms with E-state index in [-0.39, 0.29) is 28.9 Å². The van der Waals surface area contributed by atoms with E-state index in [1.54, 1.807) is 0 Å². The first-order valence-electron chi connectivity index (χ1n) is 5.81. The molecular weight excluding hydrogens is 348 g/mol. The maximum atomic E-state index is 12.3. The maximum absolute atomic E-state index is 12.3. The van der Waals surface area contributed by atoms with Gasteiger partial charge in [0.2, 0.25) is 0 Å². The number of aliphatic carboxylic acids is 1. The van der Waals surface area contributed by atoms with Gasteiger partial charge in [-0.25, -0.2) is 0 Å². The molecule has 0 heterocycles. The van der Waals surface area contributed by atoms with Crippen LogP contribution < -0.4 is 0 Å². The summed E-state index contributed by atoms with van der Waals surface area (Å²) in [6, 6.07) is 4.00. The summed E-state index contributed by atoms with van der Waals surface area (Å²) < 4.78 is 4.85. The molecule has 1 N–H and O–H groups in total. The summed E-state index contributed by atoms with van der Waals surface area (Å²) in [5.41, 5.74) is -0.232. The highest BCUT2D eigenvalue weighted by Crippen LogP contribution is 2.29. The Morgan fingerprint density at radius 3 is 2.67 bits per heavy atom. The van der Waals surface area contributed by atoms with Crippen LogP contribution in [-0.4, -0.2) is 53.6 Å². The number of methoxy groups -OCH3 is 1. The molecule has 1 amide bonds. The van der Waals surface area contributed by atoms with Crippen molar-refractivity contribution in [1.82, 2.24) is 4.90 Å². The predicted octanol–water partition coefficient (Wildman–Crippen LogP) is 1.53. The molecule has 0 unspecified atom stereocenters. The summed E-state index contributed by atoms with van der Waals surface area (Å²) in [7, 11) is 1.42. The lowest BCUT2D eigenvalue weighted by Gasteiger charge is -2.20. The third-order valence-corrected chi connectivity index (χ3v) is 3.42. The van der Waals surface area contributed by atoms with Gasteiger partial charge in [0, 0.05) is 19.7 Å². The second kappa shape index (κ2) is 7.70. The fourth-order valence-corrected chi connectivity index (χ4v) is 2.19. The van der Waals surface area contributed by atoms with Crippen LogP contribution in [0.15, 0.2) is 22.7 Å². The van der Waals surface area contributed by atoms with E-state index in [2.05, 4.69) is 15.9 Å². The topological polar surface area (TPSA) is 110 Å². The van der Waals surface area contributed by atoms with Gasteiger partial charge in [0.25, 0.3) is 11.6 Å². The van der Waals surface area contributed by atoms with Crippen LogP contribution in [0, 0.1) is 10.1 Å². The van der Waals surface area contributed by atoms with Crippen molar-refractivity contribution in [3.8, 4) is 0 Å². The SMILES string of the molecule is COCCN(CC(=O)O)C(=O)c1cccc([N+](=O)[O-])c1Br. The van der Waals surface area contributed by atoms with Gasteiger partial charge >= 0.3 is 5.97 Å². The Balaban J connectivity index is 3.11. The summed E-state index contributed by atoms with van der Waals surface area (Å²) >= 11 is 3.02. The third-order valence-electron chi connectivity index (χ3n) is 2.58. The summed E-state index contributed by atoms with van der Waals surface area (Å²) in [5, 5.41) is 19.7. The van der Waals surface area contributed by atoms with Gasteiger partial charge in [0.05, 0.1) is 17.1 Å². The average Bonchev–Trinajstić information content (AvgIpc) is 2.42. The van der Waals surface area contributed by atoms with Crippen LogP contribution >= 0.6 is 15.9 Å². The fraction of sp³-hybridized carbons (Fsp3) is 0.333. The standard InChI is InChI=1S/C12H13BrN2O6/c1-21-6-5-14(7-10(16)17)12(18)8-3-2-4-9(11(8)13)15(19)20/h2-4H,5-7H2,1H3,(H,16,17). The van der Waals surface area contributed by atoms with Gasteiger partial charge < -0.3 is 14.7 Å². The number of ether oxygens (including phenoxy) is 1. The number of rotatable bonds is 7. The molecule has 1 aromatic rings. The van der Waals surface area contributed by atoms with Crippen molar-refractivity contribution in [3.63, 3.8) is 0 Å². The molecule has 114 valence electrons. The number of halogens is 1. The zero-order valence-corrected chi connectivity index (χ0v) is 12.7. The van der Waals surface area contributed by atoms with Gasteiger partial charge in [-0.1, -0.05) is 6.07 Å².